The highest BCUT2D eigenvalue weighted by molar-refractivity contribution is 6.23. The molecule has 1 unspecified atom stereocenters. The van der Waals surface area contributed by atoms with Gasteiger partial charge in [-0.3, -0.25) is 24.6 Å². The van der Waals surface area contributed by atoms with E-state index in [0.29, 0.717) is 5.75 Å². The number of carbonyl (C=O) groups is 4. The Morgan fingerprint density at radius 3 is 2.43 bits per heavy atom. The molecule has 3 rings (SSSR count). The van der Waals surface area contributed by atoms with Gasteiger partial charge in [-0.25, -0.2) is 14.3 Å². The Kier molecular flexibility index (Phi) is 6.41. The highest BCUT2D eigenvalue weighted by Gasteiger charge is 2.45. The predicted octanol–water partition coefficient (Wildman–Crippen LogP) is 1.81. The van der Waals surface area contributed by atoms with Crippen LogP contribution in [0.25, 0.3) is 0 Å². The third-order valence-electron chi connectivity index (χ3n) is 4.45. The van der Waals surface area contributed by atoms with Gasteiger partial charge in [-0.15, -0.1) is 0 Å². The molecule has 0 spiro atoms. The first kappa shape index (κ1) is 21.0. The monoisotopic (exact) mass is 413 g/mol. The molecule has 9 heteroatoms. The normalized spacial score (nSPS) is 15.8. The average molecular weight is 413 g/mol. The average Bonchev–Trinajstić information content (AvgIpc) is 3.05. The van der Waals surface area contributed by atoms with E-state index in [2.05, 4.69) is 5.43 Å². The Morgan fingerprint density at radius 2 is 1.80 bits per heavy atom. The van der Waals surface area contributed by atoms with Crippen molar-refractivity contribution in [3.8, 4) is 5.75 Å². The minimum Gasteiger partial charge on any atom is -0.484 e. The maximum Gasteiger partial charge on any atom is 0.276 e. The van der Waals surface area contributed by atoms with E-state index in [1.54, 1.807) is 37.3 Å². The molecule has 0 aromatic heterocycles. The van der Waals surface area contributed by atoms with Crippen LogP contribution in [0.5, 0.6) is 5.75 Å². The third-order valence-corrected chi connectivity index (χ3v) is 4.45. The zero-order chi connectivity index (χ0) is 21.7. The fourth-order valence-electron chi connectivity index (χ4n) is 3.00. The molecule has 1 aliphatic heterocycles. The summed E-state index contributed by atoms with van der Waals surface area (Å²) in [5, 5.41) is 0.875. The number of benzene rings is 2. The molecule has 1 heterocycles. The topological polar surface area (TPSA) is 96.0 Å². The lowest BCUT2D eigenvalue weighted by Gasteiger charge is -2.27. The summed E-state index contributed by atoms with van der Waals surface area (Å²) in [5.41, 5.74) is 2.56. The van der Waals surface area contributed by atoms with Gasteiger partial charge in [-0.05, 0) is 36.4 Å². The number of amides is 4. The number of carbonyl (C=O) groups excluding carboxylic acids is 4. The Morgan fingerprint density at radius 1 is 1.13 bits per heavy atom. The van der Waals surface area contributed by atoms with Gasteiger partial charge in [0.05, 0.1) is 12.1 Å². The summed E-state index contributed by atoms with van der Waals surface area (Å²) in [6.45, 7) is 1.19. The summed E-state index contributed by atoms with van der Waals surface area (Å²) in [5.74, 6) is -2.47. The van der Waals surface area contributed by atoms with Crippen molar-refractivity contribution in [1.82, 2.24) is 10.4 Å². The van der Waals surface area contributed by atoms with Crippen LogP contribution < -0.4 is 15.1 Å². The zero-order valence-corrected chi connectivity index (χ0v) is 16.2. The van der Waals surface area contributed by atoms with Crippen molar-refractivity contribution >= 4 is 29.3 Å². The van der Waals surface area contributed by atoms with Gasteiger partial charge in [0.25, 0.3) is 11.8 Å². The molecule has 156 valence electrons. The molecule has 1 fully saturated rings. The maximum atomic E-state index is 13.2. The number of halogens is 1. The molecule has 0 radical (unpaired) electrons. The lowest BCUT2D eigenvalue weighted by atomic mass is 10.2. The van der Waals surface area contributed by atoms with Gasteiger partial charge >= 0.3 is 0 Å². The molecule has 4 amide bonds. The third kappa shape index (κ3) is 4.62. The molecule has 1 atom stereocenters. The molecule has 2 aromatic rings. The highest BCUT2D eigenvalue weighted by Crippen LogP contribution is 2.25. The van der Waals surface area contributed by atoms with Crippen molar-refractivity contribution < 1.29 is 28.3 Å². The summed E-state index contributed by atoms with van der Waals surface area (Å²) in [6.07, 6.45) is -0.296. The molecule has 1 N–H and O–H groups in total. The summed E-state index contributed by atoms with van der Waals surface area (Å²) >= 11 is 0. The zero-order valence-electron chi connectivity index (χ0n) is 16.2. The quantitative estimate of drug-likeness (QED) is 0.576. The largest absolute Gasteiger partial charge is 0.484 e. The summed E-state index contributed by atoms with van der Waals surface area (Å²) in [7, 11) is 0. The van der Waals surface area contributed by atoms with Gasteiger partial charge in [0.1, 0.15) is 17.6 Å². The number of hydrogen-bond acceptors (Lipinski definition) is 5. The van der Waals surface area contributed by atoms with E-state index >= 15 is 0 Å². The van der Waals surface area contributed by atoms with Crippen LogP contribution in [0, 0.1) is 5.82 Å². The minimum atomic E-state index is -1.20. The van der Waals surface area contributed by atoms with Crippen molar-refractivity contribution in [3.05, 3.63) is 60.4 Å². The Labute approximate surface area is 172 Å². The Bertz CT molecular complexity index is 949. The van der Waals surface area contributed by atoms with E-state index in [1.807, 2.05) is 0 Å². The van der Waals surface area contributed by atoms with Crippen molar-refractivity contribution in [2.75, 3.05) is 11.5 Å². The SMILES string of the molecule is CCC(=O)N(NC(=O)COc1ccccc1)C1CC(=O)N(c2ccc(F)cc2)C1=O. The first-order valence-corrected chi connectivity index (χ1v) is 9.32. The predicted molar refractivity (Wildman–Crippen MR) is 105 cm³/mol. The van der Waals surface area contributed by atoms with E-state index in [9.17, 15) is 23.6 Å². The van der Waals surface area contributed by atoms with Crippen LogP contribution in [0.15, 0.2) is 54.6 Å². The maximum absolute atomic E-state index is 13.2. The molecule has 0 saturated carbocycles. The number of rotatable bonds is 6. The first-order valence-electron chi connectivity index (χ1n) is 9.32. The molecule has 0 aliphatic carbocycles. The smallest absolute Gasteiger partial charge is 0.276 e. The van der Waals surface area contributed by atoms with E-state index in [4.69, 9.17) is 4.74 Å². The van der Waals surface area contributed by atoms with Crippen molar-refractivity contribution in [2.24, 2.45) is 0 Å². The molecule has 1 saturated heterocycles. The van der Waals surface area contributed by atoms with Crippen LogP contribution in [-0.4, -0.2) is 41.3 Å². The van der Waals surface area contributed by atoms with Gasteiger partial charge in [0.15, 0.2) is 6.61 Å². The molecule has 8 nitrogen and oxygen atoms in total. The summed E-state index contributed by atoms with van der Waals surface area (Å²) < 4.78 is 18.5. The highest BCUT2D eigenvalue weighted by atomic mass is 19.1. The Hall–Kier alpha value is -3.75. The number of anilines is 1. The molecule has 0 bridgehead atoms. The number of ether oxygens (including phenoxy) is 1. The van der Waals surface area contributed by atoms with E-state index < -0.39 is 35.5 Å². The second-order valence-electron chi connectivity index (χ2n) is 6.52. The van der Waals surface area contributed by atoms with Gasteiger partial charge in [0.2, 0.25) is 11.8 Å². The molecule has 2 aromatic carbocycles. The van der Waals surface area contributed by atoms with Crippen LogP contribution in [0.1, 0.15) is 19.8 Å². The molecule has 1 aliphatic rings. The fraction of sp³-hybridized carbons (Fsp3) is 0.238. The van der Waals surface area contributed by atoms with Crippen LogP contribution >= 0.6 is 0 Å². The van der Waals surface area contributed by atoms with Crippen molar-refractivity contribution in [2.45, 2.75) is 25.8 Å². The van der Waals surface area contributed by atoms with Gasteiger partial charge in [0, 0.05) is 6.42 Å². The van der Waals surface area contributed by atoms with Gasteiger partial charge in [-0.2, -0.15) is 0 Å². The fourth-order valence-corrected chi connectivity index (χ4v) is 3.00. The van der Waals surface area contributed by atoms with Gasteiger partial charge < -0.3 is 4.74 Å². The number of para-hydroxylation sites is 1. The molecular formula is C21H20FN3O5. The standard InChI is InChI=1S/C21H20FN3O5/c1-2-19(27)25(23-18(26)13-30-16-6-4-3-5-7-16)17-12-20(28)24(21(17)29)15-10-8-14(22)9-11-15/h3-11,17H,2,12-13H2,1H3,(H,23,26). The lowest BCUT2D eigenvalue weighted by Crippen LogP contribution is -2.55. The number of hydrazine groups is 1. The number of nitrogens with zero attached hydrogens (tertiary/aromatic N) is 2. The van der Waals surface area contributed by atoms with Crippen LogP contribution in [0.4, 0.5) is 10.1 Å². The van der Waals surface area contributed by atoms with E-state index in [1.165, 1.54) is 12.1 Å². The molecular weight excluding hydrogens is 393 g/mol. The Balaban J connectivity index is 1.72. The second-order valence-corrected chi connectivity index (χ2v) is 6.52. The summed E-state index contributed by atoms with van der Waals surface area (Å²) in [6, 6.07) is 12.3. The number of nitrogens with one attached hydrogen (secondary N) is 1. The van der Waals surface area contributed by atoms with Crippen LogP contribution in [0.3, 0.4) is 0 Å². The van der Waals surface area contributed by atoms with Crippen LogP contribution in [0.2, 0.25) is 0 Å². The van der Waals surface area contributed by atoms with Crippen LogP contribution in [-0.2, 0) is 19.2 Å². The first-order chi connectivity index (χ1) is 14.4. The number of imide groups is 1. The summed E-state index contributed by atoms with van der Waals surface area (Å²) in [4.78, 5) is 50.9. The lowest BCUT2D eigenvalue weighted by molar-refractivity contribution is -0.148. The molecule has 30 heavy (non-hydrogen) atoms. The number of hydrogen-bond donors (Lipinski definition) is 1. The van der Waals surface area contributed by atoms with E-state index in [0.717, 1.165) is 22.0 Å². The van der Waals surface area contributed by atoms with Crippen molar-refractivity contribution in [1.29, 1.82) is 0 Å². The van der Waals surface area contributed by atoms with Gasteiger partial charge in [-0.1, -0.05) is 25.1 Å². The van der Waals surface area contributed by atoms with Crippen molar-refractivity contribution in [3.63, 3.8) is 0 Å². The second kappa shape index (κ2) is 9.17. The minimum absolute atomic E-state index is 0.00827. The van der Waals surface area contributed by atoms with E-state index in [-0.39, 0.29) is 25.1 Å².